The zero-order chi connectivity index (χ0) is 6.97. The average molecular weight is 150 g/mol. The van der Waals surface area contributed by atoms with Crippen molar-refractivity contribution in [3.63, 3.8) is 0 Å². The fourth-order valence-corrected chi connectivity index (χ4v) is 1.92. The van der Waals surface area contributed by atoms with Crippen LogP contribution < -0.4 is 0 Å². The maximum absolute atomic E-state index is 4.47. The van der Waals surface area contributed by atoms with Crippen molar-refractivity contribution >= 4 is 12.6 Å². The van der Waals surface area contributed by atoms with E-state index < -0.39 is 0 Å². The number of hydrogen-bond donors (Lipinski definition) is 1. The average Bonchev–Trinajstić information content (AvgIpc) is 2.34. The van der Waals surface area contributed by atoms with E-state index in [1.807, 2.05) is 0 Å². The Morgan fingerprint density at radius 3 is 2.90 bits per heavy atom. The lowest BCUT2D eigenvalue weighted by atomic mass is 10.1. The monoisotopic (exact) mass is 150 g/mol. The SMILES string of the molecule is S[C@@H]1CCc2ccccc21. The summed E-state index contributed by atoms with van der Waals surface area (Å²) < 4.78 is 0. The summed E-state index contributed by atoms with van der Waals surface area (Å²) in [5, 5.41) is 0.496. The van der Waals surface area contributed by atoms with E-state index in [2.05, 4.69) is 36.9 Å². The number of rotatable bonds is 0. The van der Waals surface area contributed by atoms with Gasteiger partial charge in [0, 0.05) is 5.25 Å². The van der Waals surface area contributed by atoms with Crippen molar-refractivity contribution in [1.82, 2.24) is 0 Å². The number of benzene rings is 1. The Kier molecular flexibility index (Phi) is 1.46. The van der Waals surface area contributed by atoms with Crippen LogP contribution in [0.3, 0.4) is 0 Å². The minimum atomic E-state index is 0.496. The fourth-order valence-electron chi connectivity index (χ4n) is 1.53. The second kappa shape index (κ2) is 2.31. The maximum atomic E-state index is 4.47. The third-order valence-corrected chi connectivity index (χ3v) is 2.64. The Bertz CT molecular complexity index is 242. The third-order valence-electron chi connectivity index (χ3n) is 2.10. The zero-order valence-electron chi connectivity index (χ0n) is 5.75. The van der Waals surface area contributed by atoms with Crippen molar-refractivity contribution in [2.75, 3.05) is 0 Å². The second-order valence-corrected chi connectivity index (χ2v) is 3.38. The van der Waals surface area contributed by atoms with Gasteiger partial charge in [0.1, 0.15) is 0 Å². The Morgan fingerprint density at radius 2 is 2.10 bits per heavy atom. The predicted molar refractivity (Wildman–Crippen MR) is 46.5 cm³/mol. The molecule has 0 aromatic heterocycles. The van der Waals surface area contributed by atoms with Crippen LogP contribution in [0.25, 0.3) is 0 Å². The minimum absolute atomic E-state index is 0.496. The molecule has 2 rings (SSSR count). The molecule has 0 spiro atoms. The minimum Gasteiger partial charge on any atom is -0.171 e. The molecule has 0 saturated carbocycles. The smallest absolute Gasteiger partial charge is 0.0273 e. The molecule has 1 aliphatic carbocycles. The van der Waals surface area contributed by atoms with Gasteiger partial charge in [0.05, 0.1) is 0 Å². The van der Waals surface area contributed by atoms with Crippen molar-refractivity contribution < 1.29 is 0 Å². The topological polar surface area (TPSA) is 0 Å². The van der Waals surface area contributed by atoms with Crippen LogP contribution in [0.1, 0.15) is 22.8 Å². The Morgan fingerprint density at radius 1 is 1.30 bits per heavy atom. The van der Waals surface area contributed by atoms with Gasteiger partial charge in [-0.1, -0.05) is 24.3 Å². The summed E-state index contributed by atoms with van der Waals surface area (Å²) >= 11 is 4.47. The van der Waals surface area contributed by atoms with Gasteiger partial charge in [-0.2, -0.15) is 12.6 Å². The zero-order valence-corrected chi connectivity index (χ0v) is 6.64. The van der Waals surface area contributed by atoms with Crippen LogP contribution in [-0.2, 0) is 6.42 Å². The highest BCUT2D eigenvalue weighted by Crippen LogP contribution is 2.34. The van der Waals surface area contributed by atoms with E-state index in [1.54, 1.807) is 0 Å². The molecule has 0 unspecified atom stereocenters. The Balaban J connectivity index is 2.51. The molecule has 0 radical (unpaired) electrons. The van der Waals surface area contributed by atoms with Crippen molar-refractivity contribution in [1.29, 1.82) is 0 Å². The number of fused-ring (bicyclic) bond motifs is 1. The van der Waals surface area contributed by atoms with Gasteiger partial charge in [0.15, 0.2) is 0 Å². The Labute approximate surface area is 66.7 Å². The van der Waals surface area contributed by atoms with Gasteiger partial charge in [0.2, 0.25) is 0 Å². The second-order valence-electron chi connectivity index (χ2n) is 2.75. The van der Waals surface area contributed by atoms with Crippen molar-refractivity contribution in [2.45, 2.75) is 18.1 Å². The first-order valence-electron chi connectivity index (χ1n) is 3.64. The van der Waals surface area contributed by atoms with Crippen LogP contribution in [0, 0.1) is 0 Å². The molecule has 52 valence electrons. The largest absolute Gasteiger partial charge is 0.171 e. The first-order chi connectivity index (χ1) is 4.88. The summed E-state index contributed by atoms with van der Waals surface area (Å²) in [4.78, 5) is 0. The molecule has 0 bridgehead atoms. The number of hydrogen-bond acceptors (Lipinski definition) is 1. The summed E-state index contributed by atoms with van der Waals surface area (Å²) in [5.41, 5.74) is 2.92. The molecule has 1 aliphatic rings. The van der Waals surface area contributed by atoms with Gasteiger partial charge in [0.25, 0.3) is 0 Å². The predicted octanol–water partition coefficient (Wildman–Crippen LogP) is 2.60. The van der Waals surface area contributed by atoms with E-state index in [0.717, 1.165) is 0 Å². The van der Waals surface area contributed by atoms with Gasteiger partial charge in [-0.05, 0) is 24.0 Å². The van der Waals surface area contributed by atoms with E-state index in [1.165, 1.54) is 24.0 Å². The molecule has 0 amide bonds. The van der Waals surface area contributed by atoms with E-state index in [9.17, 15) is 0 Å². The number of aryl methyl sites for hydroxylation is 1. The molecule has 1 heteroatoms. The van der Waals surface area contributed by atoms with Crippen LogP contribution in [0.2, 0.25) is 0 Å². The lowest BCUT2D eigenvalue weighted by Crippen LogP contribution is -1.80. The molecule has 0 fully saturated rings. The van der Waals surface area contributed by atoms with Gasteiger partial charge < -0.3 is 0 Å². The molecule has 0 saturated heterocycles. The normalized spacial score (nSPS) is 22.7. The number of thiol groups is 1. The summed E-state index contributed by atoms with van der Waals surface area (Å²) in [6.45, 7) is 0. The molecular weight excluding hydrogens is 140 g/mol. The highest BCUT2D eigenvalue weighted by atomic mass is 32.1. The molecule has 0 aliphatic heterocycles. The van der Waals surface area contributed by atoms with Crippen LogP contribution in [0.5, 0.6) is 0 Å². The molecule has 1 aromatic carbocycles. The van der Waals surface area contributed by atoms with E-state index in [-0.39, 0.29) is 0 Å². The maximum Gasteiger partial charge on any atom is 0.0273 e. The molecular formula is C9H10S. The fraction of sp³-hybridized carbons (Fsp3) is 0.333. The van der Waals surface area contributed by atoms with Crippen molar-refractivity contribution in [2.24, 2.45) is 0 Å². The van der Waals surface area contributed by atoms with Gasteiger partial charge in [-0.25, -0.2) is 0 Å². The van der Waals surface area contributed by atoms with Crippen LogP contribution >= 0.6 is 12.6 Å². The molecule has 0 N–H and O–H groups in total. The Hall–Kier alpha value is -0.430. The van der Waals surface area contributed by atoms with E-state index >= 15 is 0 Å². The molecule has 0 heterocycles. The standard InChI is InChI=1S/C9H10S/c10-9-6-5-7-3-1-2-4-8(7)9/h1-4,9-10H,5-6H2/t9-/m1/s1. The molecule has 0 nitrogen and oxygen atoms in total. The van der Waals surface area contributed by atoms with Gasteiger partial charge >= 0.3 is 0 Å². The van der Waals surface area contributed by atoms with E-state index in [0.29, 0.717) is 5.25 Å². The molecule has 1 atom stereocenters. The summed E-state index contributed by atoms with van der Waals surface area (Å²) in [6.07, 6.45) is 2.42. The van der Waals surface area contributed by atoms with Crippen LogP contribution in [0.15, 0.2) is 24.3 Å². The lowest BCUT2D eigenvalue weighted by Gasteiger charge is -2.00. The lowest BCUT2D eigenvalue weighted by molar-refractivity contribution is 0.897. The molecule has 10 heavy (non-hydrogen) atoms. The summed E-state index contributed by atoms with van der Waals surface area (Å²) in [7, 11) is 0. The van der Waals surface area contributed by atoms with Crippen LogP contribution in [0.4, 0.5) is 0 Å². The van der Waals surface area contributed by atoms with Crippen molar-refractivity contribution in [3.05, 3.63) is 35.4 Å². The quantitative estimate of drug-likeness (QED) is 0.540. The summed E-state index contributed by atoms with van der Waals surface area (Å²) in [6, 6.07) is 8.57. The van der Waals surface area contributed by atoms with Gasteiger partial charge in [-0.15, -0.1) is 0 Å². The van der Waals surface area contributed by atoms with Gasteiger partial charge in [-0.3, -0.25) is 0 Å². The van der Waals surface area contributed by atoms with Crippen LogP contribution in [-0.4, -0.2) is 0 Å². The summed E-state index contributed by atoms with van der Waals surface area (Å²) in [5.74, 6) is 0. The molecule has 1 aromatic rings. The third kappa shape index (κ3) is 0.853. The highest BCUT2D eigenvalue weighted by Gasteiger charge is 2.17. The van der Waals surface area contributed by atoms with Crippen molar-refractivity contribution in [3.8, 4) is 0 Å². The first-order valence-corrected chi connectivity index (χ1v) is 4.15. The van der Waals surface area contributed by atoms with E-state index in [4.69, 9.17) is 0 Å². The highest BCUT2D eigenvalue weighted by molar-refractivity contribution is 7.80. The first kappa shape index (κ1) is 6.29.